The average molecular weight is 191 g/mol. The first-order chi connectivity index (χ1) is 6.29. The van der Waals surface area contributed by atoms with Crippen LogP contribution in [-0.2, 0) is 0 Å². The molecule has 0 spiro atoms. The molecule has 0 unspecified atom stereocenters. The van der Waals surface area contributed by atoms with E-state index >= 15 is 0 Å². The van der Waals surface area contributed by atoms with E-state index in [0.29, 0.717) is 0 Å². The molecule has 0 aliphatic rings. The fraction of sp³-hybridized carbons (Fsp3) is 0.182. The van der Waals surface area contributed by atoms with Gasteiger partial charge in [0.1, 0.15) is 0 Å². The van der Waals surface area contributed by atoms with E-state index in [1.807, 2.05) is 25.1 Å². The predicted molar refractivity (Wildman–Crippen MR) is 58.0 cm³/mol. The molecule has 2 aromatic heterocycles. The van der Waals surface area contributed by atoms with Crippen LogP contribution in [0.2, 0.25) is 0 Å². The van der Waals surface area contributed by atoms with Gasteiger partial charge >= 0.3 is 0 Å². The van der Waals surface area contributed by atoms with Crippen molar-refractivity contribution in [1.82, 2.24) is 4.98 Å². The third-order valence-electron chi connectivity index (χ3n) is 1.48. The molecule has 0 radical (unpaired) electrons. The van der Waals surface area contributed by atoms with Crippen LogP contribution in [0.25, 0.3) is 0 Å². The van der Waals surface area contributed by atoms with E-state index in [0.717, 1.165) is 5.69 Å². The molecule has 0 saturated heterocycles. The van der Waals surface area contributed by atoms with Crippen LogP contribution in [0.3, 0.4) is 0 Å². The van der Waals surface area contributed by atoms with E-state index in [4.69, 9.17) is 0 Å². The summed E-state index contributed by atoms with van der Waals surface area (Å²) < 4.78 is 0. The Kier molecular flexibility index (Phi) is 4.19. The zero-order chi connectivity index (χ0) is 9.52. The van der Waals surface area contributed by atoms with Crippen molar-refractivity contribution in [2.45, 2.75) is 13.8 Å². The molecule has 13 heavy (non-hydrogen) atoms. The number of thiophene rings is 1. The lowest BCUT2D eigenvalue weighted by Crippen LogP contribution is -1.72. The van der Waals surface area contributed by atoms with Gasteiger partial charge in [-0.25, -0.2) is 0 Å². The third kappa shape index (κ3) is 4.43. The van der Waals surface area contributed by atoms with Crippen molar-refractivity contribution in [3.63, 3.8) is 0 Å². The zero-order valence-corrected chi connectivity index (χ0v) is 8.71. The molecule has 0 aliphatic heterocycles. The minimum atomic E-state index is 1.07. The Morgan fingerprint density at radius 2 is 2.00 bits per heavy atom. The molecule has 0 saturated carbocycles. The quantitative estimate of drug-likeness (QED) is 0.621. The van der Waals surface area contributed by atoms with Gasteiger partial charge in [-0.2, -0.15) is 11.3 Å². The van der Waals surface area contributed by atoms with Gasteiger partial charge in [-0.05, 0) is 48.4 Å². The van der Waals surface area contributed by atoms with Gasteiger partial charge in [-0.1, -0.05) is 6.07 Å². The molecule has 0 atom stereocenters. The van der Waals surface area contributed by atoms with Gasteiger partial charge in [0, 0.05) is 11.9 Å². The first kappa shape index (κ1) is 9.93. The van der Waals surface area contributed by atoms with Crippen molar-refractivity contribution >= 4 is 11.3 Å². The minimum Gasteiger partial charge on any atom is -0.262 e. The smallest absolute Gasteiger partial charge is 0.0372 e. The van der Waals surface area contributed by atoms with E-state index in [9.17, 15) is 0 Å². The molecule has 1 nitrogen and oxygen atoms in total. The number of aromatic nitrogens is 1. The number of rotatable bonds is 0. The van der Waals surface area contributed by atoms with Crippen LogP contribution >= 0.6 is 11.3 Å². The molecule has 2 rings (SSSR count). The highest BCUT2D eigenvalue weighted by Gasteiger charge is 1.74. The Labute approximate surface area is 83.1 Å². The molecule has 68 valence electrons. The fourth-order valence-electron chi connectivity index (χ4n) is 0.781. The first-order valence-electron chi connectivity index (χ1n) is 4.15. The van der Waals surface area contributed by atoms with E-state index in [1.54, 1.807) is 17.5 Å². The maximum Gasteiger partial charge on any atom is 0.0372 e. The second-order valence-corrected chi connectivity index (χ2v) is 3.55. The molecule has 0 aliphatic carbocycles. The molecule has 2 heterocycles. The Hall–Kier alpha value is -1.15. The van der Waals surface area contributed by atoms with Gasteiger partial charge in [0.15, 0.2) is 0 Å². The third-order valence-corrected chi connectivity index (χ3v) is 2.28. The summed E-state index contributed by atoms with van der Waals surface area (Å²) in [4.78, 5) is 3.98. The highest BCUT2D eigenvalue weighted by Crippen LogP contribution is 2.01. The topological polar surface area (TPSA) is 12.9 Å². The van der Waals surface area contributed by atoms with Crippen LogP contribution in [-0.4, -0.2) is 4.98 Å². The first-order valence-corrected chi connectivity index (χ1v) is 5.10. The van der Waals surface area contributed by atoms with Crippen molar-refractivity contribution < 1.29 is 0 Å². The number of nitrogens with zero attached hydrogens (tertiary/aromatic N) is 1. The number of aryl methyl sites for hydroxylation is 2. The number of hydrogen-bond donors (Lipinski definition) is 0. The van der Waals surface area contributed by atoms with Crippen molar-refractivity contribution in [3.8, 4) is 0 Å². The van der Waals surface area contributed by atoms with Crippen LogP contribution in [0.5, 0.6) is 0 Å². The Bertz CT molecular complexity index is 313. The zero-order valence-electron chi connectivity index (χ0n) is 7.90. The van der Waals surface area contributed by atoms with E-state index in [-0.39, 0.29) is 0 Å². The summed E-state index contributed by atoms with van der Waals surface area (Å²) in [6.45, 7) is 4.07. The van der Waals surface area contributed by atoms with Crippen molar-refractivity contribution in [1.29, 1.82) is 0 Å². The number of pyridine rings is 1. The van der Waals surface area contributed by atoms with Crippen LogP contribution in [0, 0.1) is 13.8 Å². The molecule has 0 N–H and O–H groups in total. The van der Waals surface area contributed by atoms with Crippen LogP contribution in [0.4, 0.5) is 0 Å². The summed E-state index contributed by atoms with van der Waals surface area (Å²) in [5.74, 6) is 0. The predicted octanol–water partition coefficient (Wildman–Crippen LogP) is 3.45. The maximum atomic E-state index is 3.98. The molecule has 0 aromatic carbocycles. The lowest BCUT2D eigenvalue weighted by molar-refractivity contribution is 1.20. The van der Waals surface area contributed by atoms with Gasteiger partial charge in [-0.3, -0.25) is 4.98 Å². The average Bonchev–Trinajstić information content (AvgIpc) is 2.58. The van der Waals surface area contributed by atoms with Crippen LogP contribution in [0.1, 0.15) is 11.3 Å². The van der Waals surface area contributed by atoms with E-state index in [2.05, 4.69) is 28.7 Å². The number of hydrogen-bond acceptors (Lipinski definition) is 2. The van der Waals surface area contributed by atoms with Crippen molar-refractivity contribution in [2.24, 2.45) is 0 Å². The summed E-state index contributed by atoms with van der Waals surface area (Å²) in [7, 11) is 0. The lowest BCUT2D eigenvalue weighted by atomic mass is 10.4. The molecule has 0 bridgehead atoms. The molecule has 2 aromatic rings. The molecule has 2 heteroatoms. The second-order valence-electron chi connectivity index (χ2n) is 2.77. The summed E-state index contributed by atoms with van der Waals surface area (Å²) in [5, 5.41) is 4.20. The largest absolute Gasteiger partial charge is 0.262 e. The Morgan fingerprint density at radius 3 is 2.23 bits per heavy atom. The maximum absolute atomic E-state index is 3.98. The highest BCUT2D eigenvalue weighted by molar-refractivity contribution is 7.07. The van der Waals surface area contributed by atoms with Crippen molar-refractivity contribution in [2.75, 3.05) is 0 Å². The van der Waals surface area contributed by atoms with Gasteiger partial charge < -0.3 is 0 Å². The minimum absolute atomic E-state index is 1.07. The highest BCUT2D eigenvalue weighted by atomic mass is 32.1. The molecule has 0 amide bonds. The summed E-state index contributed by atoms with van der Waals surface area (Å²) in [5.41, 5.74) is 2.43. The SMILES string of the molecule is Cc1ccccn1.Cc1ccsc1. The van der Waals surface area contributed by atoms with Gasteiger partial charge in [0.2, 0.25) is 0 Å². The molecule has 0 fully saturated rings. The molecular formula is C11H13NS. The summed E-state index contributed by atoms with van der Waals surface area (Å²) in [6.07, 6.45) is 1.79. The van der Waals surface area contributed by atoms with Crippen LogP contribution in [0.15, 0.2) is 41.2 Å². The van der Waals surface area contributed by atoms with E-state index in [1.165, 1.54) is 5.56 Å². The Balaban J connectivity index is 0.000000132. The van der Waals surface area contributed by atoms with Crippen LogP contribution < -0.4 is 0 Å². The summed E-state index contributed by atoms with van der Waals surface area (Å²) in [6, 6.07) is 7.96. The normalized spacial score (nSPS) is 8.77. The van der Waals surface area contributed by atoms with E-state index < -0.39 is 0 Å². The van der Waals surface area contributed by atoms with Gasteiger partial charge in [-0.15, -0.1) is 0 Å². The molecular weight excluding hydrogens is 178 g/mol. The Morgan fingerprint density at radius 1 is 1.15 bits per heavy atom. The summed E-state index contributed by atoms with van der Waals surface area (Å²) >= 11 is 1.74. The standard InChI is InChI=1S/C6H7N.C5H6S/c1-6-4-2-3-5-7-6;1-5-2-3-6-4-5/h2-5H,1H3;2-4H,1H3. The lowest BCUT2D eigenvalue weighted by Gasteiger charge is -1.82. The second kappa shape index (κ2) is 5.49. The van der Waals surface area contributed by atoms with Gasteiger partial charge in [0.25, 0.3) is 0 Å². The van der Waals surface area contributed by atoms with Crippen molar-refractivity contribution in [3.05, 3.63) is 52.5 Å². The van der Waals surface area contributed by atoms with Gasteiger partial charge in [0.05, 0.1) is 0 Å². The monoisotopic (exact) mass is 191 g/mol. The fourth-order valence-corrected chi connectivity index (χ4v) is 1.45.